The summed E-state index contributed by atoms with van der Waals surface area (Å²) >= 11 is 0. The number of hydrogen-bond donors (Lipinski definition) is 2. The third kappa shape index (κ3) is 4.00. The number of carbonyl (C=O) groups is 1. The summed E-state index contributed by atoms with van der Waals surface area (Å²) < 4.78 is 0. The third-order valence-corrected chi connectivity index (χ3v) is 3.19. The van der Waals surface area contributed by atoms with Gasteiger partial charge in [0.25, 0.3) is 0 Å². The number of nitrogens with zero attached hydrogens (tertiary/aromatic N) is 1. The Balaban J connectivity index is 2.31. The van der Waals surface area contributed by atoms with E-state index in [1.54, 1.807) is 0 Å². The minimum absolute atomic E-state index is 0.103. The molecule has 1 rings (SSSR count). The van der Waals surface area contributed by atoms with Gasteiger partial charge in [-0.25, -0.2) is 4.79 Å². The Labute approximate surface area is 98.6 Å². The summed E-state index contributed by atoms with van der Waals surface area (Å²) in [4.78, 5) is 13.9. The second kappa shape index (κ2) is 7.49. The molecule has 0 unspecified atom stereocenters. The summed E-state index contributed by atoms with van der Waals surface area (Å²) in [6.45, 7) is 4.38. The maximum atomic E-state index is 11.9. The number of amides is 2. The van der Waals surface area contributed by atoms with Gasteiger partial charge in [-0.3, -0.25) is 0 Å². The second-order valence-electron chi connectivity index (χ2n) is 4.51. The molecular weight excluding hydrogens is 202 g/mol. The van der Waals surface area contributed by atoms with E-state index in [0.717, 1.165) is 45.2 Å². The summed E-state index contributed by atoms with van der Waals surface area (Å²) in [5.41, 5.74) is 5.50. The first-order valence-electron chi connectivity index (χ1n) is 6.54. The van der Waals surface area contributed by atoms with Crippen LogP contribution in [0.15, 0.2) is 0 Å². The number of hydrogen-bond acceptors (Lipinski definition) is 2. The van der Waals surface area contributed by atoms with E-state index < -0.39 is 0 Å². The fourth-order valence-corrected chi connectivity index (χ4v) is 1.88. The molecule has 0 radical (unpaired) electrons. The van der Waals surface area contributed by atoms with E-state index in [9.17, 15) is 4.79 Å². The summed E-state index contributed by atoms with van der Waals surface area (Å²) in [7, 11) is 0. The van der Waals surface area contributed by atoms with Crippen molar-refractivity contribution in [2.75, 3.05) is 19.6 Å². The normalized spacial score (nSPS) is 15.6. The monoisotopic (exact) mass is 227 g/mol. The van der Waals surface area contributed by atoms with Crippen LogP contribution in [0, 0.1) is 0 Å². The van der Waals surface area contributed by atoms with Crippen molar-refractivity contribution in [3.05, 3.63) is 0 Å². The lowest BCUT2D eigenvalue weighted by Gasteiger charge is -2.37. The average molecular weight is 227 g/mol. The Bertz CT molecular complexity index is 204. The van der Waals surface area contributed by atoms with Crippen molar-refractivity contribution < 1.29 is 4.79 Å². The van der Waals surface area contributed by atoms with Crippen molar-refractivity contribution >= 4 is 6.03 Å². The Morgan fingerprint density at radius 3 is 2.69 bits per heavy atom. The topological polar surface area (TPSA) is 58.4 Å². The number of unbranched alkanes of at least 4 members (excludes halogenated alkanes) is 1. The first-order chi connectivity index (χ1) is 7.79. The maximum absolute atomic E-state index is 11.9. The van der Waals surface area contributed by atoms with Crippen LogP contribution in [0.4, 0.5) is 4.79 Å². The van der Waals surface area contributed by atoms with Crippen LogP contribution >= 0.6 is 0 Å². The minimum atomic E-state index is 0.103. The van der Waals surface area contributed by atoms with Crippen LogP contribution < -0.4 is 11.1 Å². The number of nitrogens with one attached hydrogen (secondary N) is 1. The fourth-order valence-electron chi connectivity index (χ4n) is 1.88. The zero-order valence-corrected chi connectivity index (χ0v) is 10.4. The number of urea groups is 1. The summed E-state index contributed by atoms with van der Waals surface area (Å²) in [6, 6.07) is 0.569. The summed E-state index contributed by atoms with van der Waals surface area (Å²) in [5.74, 6) is 0. The van der Waals surface area contributed by atoms with E-state index in [1.165, 1.54) is 6.42 Å². The van der Waals surface area contributed by atoms with Crippen molar-refractivity contribution in [2.24, 2.45) is 5.73 Å². The van der Waals surface area contributed by atoms with Gasteiger partial charge in [-0.1, -0.05) is 13.3 Å². The Morgan fingerprint density at radius 2 is 2.19 bits per heavy atom. The van der Waals surface area contributed by atoms with E-state index in [1.807, 2.05) is 4.90 Å². The van der Waals surface area contributed by atoms with Gasteiger partial charge in [0, 0.05) is 19.1 Å². The molecule has 0 aromatic rings. The van der Waals surface area contributed by atoms with E-state index in [2.05, 4.69) is 12.2 Å². The SMILES string of the molecule is CCCCNC(=O)N(CCCN)C1CCC1. The van der Waals surface area contributed by atoms with Gasteiger partial charge in [0.2, 0.25) is 0 Å². The Kier molecular flexibility index (Phi) is 6.23. The van der Waals surface area contributed by atoms with Crippen LogP contribution in [0.5, 0.6) is 0 Å². The summed E-state index contributed by atoms with van der Waals surface area (Å²) in [5, 5.41) is 2.99. The molecule has 1 fully saturated rings. The van der Waals surface area contributed by atoms with E-state index in [0.29, 0.717) is 12.6 Å². The number of carbonyl (C=O) groups excluding carboxylic acids is 1. The van der Waals surface area contributed by atoms with Crippen molar-refractivity contribution in [1.82, 2.24) is 10.2 Å². The zero-order chi connectivity index (χ0) is 11.8. The molecule has 4 nitrogen and oxygen atoms in total. The molecule has 16 heavy (non-hydrogen) atoms. The molecule has 0 aromatic heterocycles. The lowest BCUT2D eigenvalue weighted by Crippen LogP contribution is -2.49. The molecule has 0 atom stereocenters. The van der Waals surface area contributed by atoms with Crippen LogP contribution in [0.3, 0.4) is 0 Å². The first-order valence-corrected chi connectivity index (χ1v) is 6.54. The highest BCUT2D eigenvalue weighted by Gasteiger charge is 2.27. The third-order valence-electron chi connectivity index (χ3n) is 3.19. The maximum Gasteiger partial charge on any atom is 0.317 e. The molecule has 2 amide bonds. The van der Waals surface area contributed by atoms with Crippen LogP contribution in [-0.4, -0.2) is 36.6 Å². The molecule has 0 bridgehead atoms. The molecule has 0 heterocycles. The highest BCUT2D eigenvalue weighted by molar-refractivity contribution is 5.74. The number of rotatable bonds is 7. The molecule has 0 aromatic carbocycles. The lowest BCUT2D eigenvalue weighted by molar-refractivity contribution is 0.137. The molecule has 1 saturated carbocycles. The van der Waals surface area contributed by atoms with E-state index in [4.69, 9.17) is 5.73 Å². The van der Waals surface area contributed by atoms with Gasteiger partial charge >= 0.3 is 6.03 Å². The Morgan fingerprint density at radius 1 is 1.44 bits per heavy atom. The van der Waals surface area contributed by atoms with Crippen molar-refractivity contribution in [2.45, 2.75) is 51.5 Å². The van der Waals surface area contributed by atoms with Crippen molar-refractivity contribution in [3.8, 4) is 0 Å². The summed E-state index contributed by atoms with van der Waals surface area (Å²) in [6.07, 6.45) is 6.65. The smallest absolute Gasteiger partial charge is 0.317 e. The average Bonchev–Trinajstić information content (AvgIpc) is 2.21. The van der Waals surface area contributed by atoms with Crippen molar-refractivity contribution in [1.29, 1.82) is 0 Å². The number of nitrogens with two attached hydrogens (primary N) is 1. The molecule has 94 valence electrons. The Hall–Kier alpha value is -0.770. The predicted octanol–water partition coefficient (Wildman–Crippen LogP) is 1.70. The van der Waals surface area contributed by atoms with Crippen LogP contribution in [0.2, 0.25) is 0 Å². The molecule has 4 heteroatoms. The highest BCUT2D eigenvalue weighted by Crippen LogP contribution is 2.24. The first kappa shape index (κ1) is 13.3. The molecule has 1 aliphatic carbocycles. The molecule has 3 N–H and O–H groups in total. The molecule has 0 saturated heterocycles. The van der Waals surface area contributed by atoms with Crippen LogP contribution in [0.1, 0.15) is 45.4 Å². The van der Waals surface area contributed by atoms with Crippen molar-refractivity contribution in [3.63, 3.8) is 0 Å². The van der Waals surface area contributed by atoms with Gasteiger partial charge in [-0.05, 0) is 38.6 Å². The molecule has 0 spiro atoms. The van der Waals surface area contributed by atoms with Gasteiger partial charge in [-0.15, -0.1) is 0 Å². The van der Waals surface area contributed by atoms with Crippen LogP contribution in [-0.2, 0) is 0 Å². The quantitative estimate of drug-likeness (QED) is 0.650. The minimum Gasteiger partial charge on any atom is -0.338 e. The van der Waals surface area contributed by atoms with Gasteiger partial charge < -0.3 is 16.0 Å². The molecular formula is C12H25N3O. The zero-order valence-electron chi connectivity index (χ0n) is 10.4. The largest absolute Gasteiger partial charge is 0.338 e. The standard InChI is InChI=1S/C12H25N3O/c1-2-3-9-14-12(16)15(10-5-8-13)11-6-4-7-11/h11H,2-10,13H2,1H3,(H,14,16). The molecule has 1 aliphatic rings. The second-order valence-corrected chi connectivity index (χ2v) is 4.51. The van der Waals surface area contributed by atoms with Gasteiger partial charge in [0.15, 0.2) is 0 Å². The predicted molar refractivity (Wildman–Crippen MR) is 66.3 cm³/mol. The van der Waals surface area contributed by atoms with E-state index >= 15 is 0 Å². The molecule has 0 aliphatic heterocycles. The van der Waals surface area contributed by atoms with Gasteiger partial charge in [0.1, 0.15) is 0 Å². The van der Waals surface area contributed by atoms with Crippen LogP contribution in [0.25, 0.3) is 0 Å². The van der Waals surface area contributed by atoms with Gasteiger partial charge in [0.05, 0.1) is 0 Å². The lowest BCUT2D eigenvalue weighted by atomic mass is 9.91. The highest BCUT2D eigenvalue weighted by atomic mass is 16.2. The fraction of sp³-hybridized carbons (Fsp3) is 0.917. The van der Waals surface area contributed by atoms with Gasteiger partial charge in [-0.2, -0.15) is 0 Å². The van der Waals surface area contributed by atoms with E-state index in [-0.39, 0.29) is 6.03 Å².